The highest BCUT2D eigenvalue weighted by molar-refractivity contribution is 7.89. The first-order valence-corrected chi connectivity index (χ1v) is 12.8. The van der Waals surface area contributed by atoms with Crippen molar-refractivity contribution in [1.82, 2.24) is 28.6 Å². The second kappa shape index (κ2) is 8.25. The zero-order chi connectivity index (χ0) is 24.1. The van der Waals surface area contributed by atoms with Crippen molar-refractivity contribution in [2.45, 2.75) is 36.4 Å². The van der Waals surface area contributed by atoms with Gasteiger partial charge in [-0.3, -0.25) is 23.6 Å². The third kappa shape index (κ3) is 4.10. The van der Waals surface area contributed by atoms with Gasteiger partial charge in [-0.05, 0) is 31.0 Å². The molecule has 3 heterocycles. The van der Waals surface area contributed by atoms with Gasteiger partial charge in [-0.2, -0.15) is 5.10 Å². The van der Waals surface area contributed by atoms with Crippen molar-refractivity contribution in [3.63, 3.8) is 0 Å². The molecule has 1 saturated carbocycles. The first-order valence-electron chi connectivity index (χ1n) is 10.4. The number of sulfonamides is 1. The fourth-order valence-electron chi connectivity index (χ4n) is 3.83. The number of halogens is 1. The molecule has 0 bridgehead atoms. The number of aromatic nitrogens is 5. The van der Waals surface area contributed by atoms with Gasteiger partial charge in [0.05, 0.1) is 46.1 Å². The van der Waals surface area contributed by atoms with Crippen LogP contribution in [0.2, 0.25) is 0 Å². The van der Waals surface area contributed by atoms with Crippen molar-refractivity contribution in [2.24, 2.45) is 7.05 Å². The van der Waals surface area contributed by atoms with E-state index in [4.69, 9.17) is 0 Å². The van der Waals surface area contributed by atoms with E-state index in [0.29, 0.717) is 23.9 Å². The maximum absolute atomic E-state index is 13.4. The first-order chi connectivity index (χ1) is 16.2. The smallest absolute Gasteiger partial charge is 0.288 e. The molecule has 1 aromatic carbocycles. The summed E-state index contributed by atoms with van der Waals surface area (Å²) in [4.78, 5) is 31.4. The average Bonchev–Trinajstić information content (AvgIpc) is 3.17. The third-order valence-corrected chi connectivity index (χ3v) is 8.20. The Bertz CT molecular complexity index is 1600. The topological polar surface area (TPSA) is 121 Å². The number of hydrogen-bond donors (Lipinski definition) is 1. The van der Waals surface area contributed by atoms with Crippen LogP contribution in [0, 0.1) is 0 Å². The lowest BCUT2D eigenvalue weighted by Crippen LogP contribution is -2.41. The van der Waals surface area contributed by atoms with Gasteiger partial charge in [0.15, 0.2) is 0 Å². The molecule has 1 fully saturated rings. The van der Waals surface area contributed by atoms with Crippen LogP contribution < -0.4 is 16.0 Å². The molecule has 13 heteroatoms. The Morgan fingerprint density at radius 1 is 1.18 bits per heavy atom. The molecular weight excluding hydrogens is 483 g/mol. The Kier molecular flexibility index (Phi) is 5.49. The van der Waals surface area contributed by atoms with Crippen LogP contribution in [0.3, 0.4) is 0 Å². The Morgan fingerprint density at radius 2 is 1.97 bits per heavy atom. The SMILES string of the molecule is Cn1cc(Cn2c(=O)c3cc(S(=O)(=O)NC4(CF)CC4)ccc3n(Cc3cncs3)c2=O)cn1. The van der Waals surface area contributed by atoms with Crippen molar-refractivity contribution >= 4 is 32.3 Å². The summed E-state index contributed by atoms with van der Waals surface area (Å²) >= 11 is 1.36. The molecular formula is C21H21FN6O4S2. The predicted molar refractivity (Wildman–Crippen MR) is 124 cm³/mol. The van der Waals surface area contributed by atoms with Crippen LogP contribution in [0.4, 0.5) is 4.39 Å². The molecule has 3 aromatic heterocycles. The number of rotatable bonds is 8. The number of benzene rings is 1. The molecule has 1 N–H and O–H groups in total. The largest absolute Gasteiger partial charge is 0.332 e. The highest BCUT2D eigenvalue weighted by Gasteiger charge is 2.46. The minimum atomic E-state index is -4.06. The maximum Gasteiger partial charge on any atom is 0.332 e. The molecule has 1 aliphatic carbocycles. The Labute approximate surface area is 197 Å². The molecule has 0 unspecified atom stereocenters. The van der Waals surface area contributed by atoms with E-state index < -0.39 is 33.5 Å². The number of nitrogens with zero attached hydrogens (tertiary/aromatic N) is 5. The maximum atomic E-state index is 13.4. The number of thiazole rings is 1. The molecule has 4 aromatic rings. The minimum absolute atomic E-state index is 0.0235. The monoisotopic (exact) mass is 504 g/mol. The first kappa shape index (κ1) is 22.6. The van der Waals surface area contributed by atoms with Crippen LogP contribution in [0.1, 0.15) is 23.3 Å². The minimum Gasteiger partial charge on any atom is -0.288 e. The van der Waals surface area contributed by atoms with Crippen LogP contribution in [0.5, 0.6) is 0 Å². The quantitative estimate of drug-likeness (QED) is 0.385. The highest BCUT2D eigenvalue weighted by atomic mass is 32.2. The van der Waals surface area contributed by atoms with E-state index in [1.165, 1.54) is 34.1 Å². The van der Waals surface area contributed by atoms with Gasteiger partial charge >= 0.3 is 5.69 Å². The summed E-state index contributed by atoms with van der Waals surface area (Å²) in [7, 11) is -2.34. The zero-order valence-corrected chi connectivity index (χ0v) is 19.8. The van der Waals surface area contributed by atoms with E-state index in [0.717, 1.165) is 9.44 Å². The molecule has 0 aliphatic heterocycles. The summed E-state index contributed by atoms with van der Waals surface area (Å²) in [6, 6.07) is 4.01. The van der Waals surface area contributed by atoms with Gasteiger partial charge in [0.1, 0.15) is 6.67 Å². The molecule has 1 aliphatic rings. The molecule has 34 heavy (non-hydrogen) atoms. The Balaban J connectivity index is 1.68. The number of hydrogen-bond acceptors (Lipinski definition) is 7. The lowest BCUT2D eigenvalue weighted by Gasteiger charge is -2.16. The van der Waals surface area contributed by atoms with Crippen LogP contribution in [0.15, 0.2) is 56.8 Å². The summed E-state index contributed by atoms with van der Waals surface area (Å²) in [5.41, 5.74) is 0.374. The van der Waals surface area contributed by atoms with Gasteiger partial charge in [0.2, 0.25) is 10.0 Å². The molecule has 10 nitrogen and oxygen atoms in total. The van der Waals surface area contributed by atoms with Crippen LogP contribution in [-0.2, 0) is 30.2 Å². The molecule has 0 amide bonds. The number of aryl methyl sites for hydroxylation is 1. The lowest BCUT2D eigenvalue weighted by atomic mass is 10.2. The summed E-state index contributed by atoms with van der Waals surface area (Å²) in [5, 5.41) is 4.15. The second-order valence-corrected chi connectivity index (χ2v) is 11.1. The molecule has 0 spiro atoms. The van der Waals surface area contributed by atoms with Gasteiger partial charge < -0.3 is 0 Å². The van der Waals surface area contributed by atoms with Gasteiger partial charge in [-0.25, -0.2) is 22.3 Å². The van der Waals surface area contributed by atoms with Gasteiger partial charge in [0.25, 0.3) is 5.56 Å². The van der Waals surface area contributed by atoms with E-state index in [1.807, 2.05) is 0 Å². The lowest BCUT2D eigenvalue weighted by molar-refractivity contribution is 0.393. The van der Waals surface area contributed by atoms with Gasteiger partial charge in [-0.1, -0.05) is 0 Å². The molecule has 0 saturated heterocycles. The third-order valence-electron chi connectivity index (χ3n) is 5.86. The van der Waals surface area contributed by atoms with Crippen molar-refractivity contribution < 1.29 is 12.8 Å². The number of nitrogens with one attached hydrogen (secondary N) is 1. The van der Waals surface area contributed by atoms with Gasteiger partial charge in [-0.15, -0.1) is 11.3 Å². The van der Waals surface area contributed by atoms with E-state index in [-0.39, 0.29) is 23.4 Å². The molecule has 178 valence electrons. The predicted octanol–water partition coefficient (Wildman–Crippen LogP) is 1.23. The Morgan fingerprint density at radius 3 is 2.59 bits per heavy atom. The zero-order valence-electron chi connectivity index (χ0n) is 18.1. The van der Waals surface area contributed by atoms with Crippen molar-refractivity contribution in [3.8, 4) is 0 Å². The fourth-order valence-corrected chi connectivity index (χ4v) is 5.88. The van der Waals surface area contributed by atoms with Gasteiger partial charge in [0, 0.05) is 29.9 Å². The molecule has 5 rings (SSSR count). The van der Waals surface area contributed by atoms with E-state index >= 15 is 0 Å². The van der Waals surface area contributed by atoms with E-state index in [2.05, 4.69) is 14.8 Å². The molecule has 0 radical (unpaired) electrons. The standard InChI is InChI=1S/C21H21FN6O4S2/c1-26-9-14(7-24-26)10-28-19(29)17-6-16(34(31,32)25-21(12-22)4-5-21)2-3-18(17)27(20(28)30)11-15-8-23-13-33-15/h2-3,6-9,13,25H,4-5,10-12H2,1H3. The highest BCUT2D eigenvalue weighted by Crippen LogP contribution is 2.37. The normalized spacial score (nSPS) is 15.1. The number of fused-ring (bicyclic) bond motifs is 1. The fraction of sp³-hybridized carbons (Fsp3) is 0.333. The van der Waals surface area contributed by atoms with E-state index in [1.54, 1.807) is 35.8 Å². The van der Waals surface area contributed by atoms with Crippen molar-refractivity contribution in [2.75, 3.05) is 6.67 Å². The van der Waals surface area contributed by atoms with E-state index in [9.17, 15) is 22.4 Å². The van der Waals surface area contributed by atoms with Crippen molar-refractivity contribution in [1.29, 1.82) is 0 Å². The summed E-state index contributed by atoms with van der Waals surface area (Å²) in [6.45, 7) is -0.654. The summed E-state index contributed by atoms with van der Waals surface area (Å²) < 4.78 is 45.6. The number of alkyl halides is 1. The summed E-state index contributed by atoms with van der Waals surface area (Å²) in [6.07, 6.45) is 5.72. The second-order valence-electron chi connectivity index (χ2n) is 8.45. The molecule has 0 atom stereocenters. The van der Waals surface area contributed by atoms with Crippen LogP contribution in [-0.4, -0.2) is 44.5 Å². The van der Waals surface area contributed by atoms with Crippen molar-refractivity contribution in [3.05, 3.63) is 73.6 Å². The Hall–Kier alpha value is -3.16. The average molecular weight is 505 g/mol. The van der Waals surface area contributed by atoms with Crippen LogP contribution in [0.25, 0.3) is 10.9 Å². The van der Waals surface area contributed by atoms with Crippen LogP contribution >= 0.6 is 11.3 Å². The summed E-state index contributed by atoms with van der Waals surface area (Å²) in [5.74, 6) is 0.